The van der Waals surface area contributed by atoms with Gasteiger partial charge in [0, 0.05) is 11.8 Å². The molecule has 0 aliphatic carbocycles. The number of carboxylic acids is 1. The number of imide groups is 1. The van der Waals surface area contributed by atoms with Crippen LogP contribution in [-0.2, 0) is 9.59 Å². The Balaban J connectivity index is 2.53. The third-order valence-corrected chi connectivity index (χ3v) is 3.40. The zero-order valence-corrected chi connectivity index (χ0v) is 10.4. The van der Waals surface area contributed by atoms with Gasteiger partial charge in [0.1, 0.15) is 5.82 Å². The Morgan fingerprint density at radius 1 is 1.21 bits per heavy atom. The van der Waals surface area contributed by atoms with Gasteiger partial charge in [0.05, 0.1) is 11.3 Å². The number of benzene rings is 1. The van der Waals surface area contributed by atoms with E-state index in [2.05, 4.69) is 0 Å². The minimum Gasteiger partial charge on any atom is -0.478 e. The number of aromatic carboxylic acids is 1. The molecule has 100 valence electrons. The summed E-state index contributed by atoms with van der Waals surface area (Å²) in [6.45, 7) is 3.17. The lowest BCUT2D eigenvalue weighted by molar-refractivity contribution is -0.122. The molecule has 2 amide bonds. The lowest BCUT2D eigenvalue weighted by Gasteiger charge is -2.15. The molecule has 1 aliphatic heterocycles. The summed E-state index contributed by atoms with van der Waals surface area (Å²) in [6, 6.07) is 3.02. The van der Waals surface area contributed by atoms with E-state index in [1.807, 2.05) is 0 Å². The smallest absolute Gasteiger partial charge is 0.335 e. The van der Waals surface area contributed by atoms with E-state index in [0.717, 1.165) is 23.1 Å². The van der Waals surface area contributed by atoms with Gasteiger partial charge in [0.25, 0.3) is 0 Å². The second kappa shape index (κ2) is 4.46. The molecule has 1 heterocycles. The molecule has 2 atom stereocenters. The predicted octanol–water partition coefficient (Wildman–Crippen LogP) is 1.67. The van der Waals surface area contributed by atoms with Gasteiger partial charge >= 0.3 is 5.97 Å². The van der Waals surface area contributed by atoms with Gasteiger partial charge in [-0.15, -0.1) is 0 Å². The molecule has 1 saturated heterocycles. The van der Waals surface area contributed by atoms with E-state index in [1.54, 1.807) is 13.8 Å². The van der Waals surface area contributed by atoms with E-state index in [4.69, 9.17) is 5.11 Å². The van der Waals surface area contributed by atoms with Crippen LogP contribution in [0.5, 0.6) is 0 Å². The van der Waals surface area contributed by atoms with Crippen molar-refractivity contribution in [2.75, 3.05) is 4.90 Å². The number of carbonyl (C=O) groups excluding carboxylic acids is 2. The van der Waals surface area contributed by atoms with E-state index in [-0.39, 0.29) is 11.3 Å². The Morgan fingerprint density at radius 2 is 1.74 bits per heavy atom. The van der Waals surface area contributed by atoms with Crippen molar-refractivity contribution in [1.82, 2.24) is 0 Å². The van der Waals surface area contributed by atoms with Crippen LogP contribution in [0.2, 0.25) is 0 Å². The van der Waals surface area contributed by atoms with Gasteiger partial charge in [-0.3, -0.25) is 9.59 Å². The zero-order valence-electron chi connectivity index (χ0n) is 10.4. The number of hydrogen-bond acceptors (Lipinski definition) is 3. The first kappa shape index (κ1) is 13.2. The van der Waals surface area contributed by atoms with Gasteiger partial charge in [0.2, 0.25) is 11.8 Å². The minimum absolute atomic E-state index is 0.177. The summed E-state index contributed by atoms with van der Waals surface area (Å²) in [5.41, 5.74) is -0.477. The zero-order chi connectivity index (χ0) is 14.3. The third-order valence-electron chi connectivity index (χ3n) is 3.40. The molecule has 0 radical (unpaired) electrons. The molecule has 6 heteroatoms. The van der Waals surface area contributed by atoms with Gasteiger partial charge in [-0.1, -0.05) is 13.8 Å². The largest absolute Gasteiger partial charge is 0.478 e. The lowest BCUT2D eigenvalue weighted by atomic mass is 10.00. The normalized spacial score (nSPS) is 23.0. The van der Waals surface area contributed by atoms with Crippen LogP contribution >= 0.6 is 0 Å². The van der Waals surface area contributed by atoms with Crippen LogP contribution in [0, 0.1) is 17.7 Å². The molecule has 0 spiro atoms. The maximum absolute atomic E-state index is 13.7. The highest BCUT2D eigenvalue weighted by Crippen LogP contribution is 2.32. The predicted molar refractivity (Wildman–Crippen MR) is 64.2 cm³/mol. The summed E-state index contributed by atoms with van der Waals surface area (Å²) in [7, 11) is 0. The fourth-order valence-electron chi connectivity index (χ4n) is 2.00. The summed E-state index contributed by atoms with van der Waals surface area (Å²) < 4.78 is 13.7. The van der Waals surface area contributed by atoms with Crippen molar-refractivity contribution in [3.8, 4) is 0 Å². The second-order valence-electron chi connectivity index (χ2n) is 4.56. The fourth-order valence-corrected chi connectivity index (χ4v) is 2.00. The lowest BCUT2D eigenvalue weighted by Crippen LogP contribution is -2.31. The summed E-state index contributed by atoms with van der Waals surface area (Å²) >= 11 is 0. The number of hydrogen-bond donors (Lipinski definition) is 1. The first-order valence-corrected chi connectivity index (χ1v) is 5.75. The van der Waals surface area contributed by atoms with Crippen molar-refractivity contribution in [3.05, 3.63) is 29.6 Å². The molecular formula is C13H12FNO4. The van der Waals surface area contributed by atoms with Crippen LogP contribution in [0.4, 0.5) is 10.1 Å². The van der Waals surface area contributed by atoms with Crippen LogP contribution in [0.3, 0.4) is 0 Å². The number of carbonyl (C=O) groups is 3. The van der Waals surface area contributed by atoms with Crippen molar-refractivity contribution in [3.63, 3.8) is 0 Å². The van der Waals surface area contributed by atoms with Gasteiger partial charge in [0.15, 0.2) is 0 Å². The Hall–Kier alpha value is -2.24. The van der Waals surface area contributed by atoms with E-state index in [0.29, 0.717) is 0 Å². The molecule has 0 saturated carbocycles. The summed E-state index contributed by atoms with van der Waals surface area (Å²) in [5, 5.41) is 8.87. The number of halogens is 1. The maximum atomic E-state index is 13.7. The molecule has 2 rings (SSSR count). The first-order chi connectivity index (χ1) is 8.84. The highest BCUT2D eigenvalue weighted by molar-refractivity contribution is 6.22. The Kier molecular flexibility index (Phi) is 3.09. The molecule has 1 N–H and O–H groups in total. The Morgan fingerprint density at radius 3 is 2.21 bits per heavy atom. The van der Waals surface area contributed by atoms with E-state index in [9.17, 15) is 18.8 Å². The Bertz CT molecular complexity index is 564. The van der Waals surface area contributed by atoms with Crippen LogP contribution < -0.4 is 4.90 Å². The number of rotatable bonds is 2. The summed E-state index contributed by atoms with van der Waals surface area (Å²) in [5.74, 6) is -4.16. The molecule has 0 bridgehead atoms. The van der Waals surface area contributed by atoms with Crippen molar-refractivity contribution < 1.29 is 23.9 Å². The topological polar surface area (TPSA) is 74.7 Å². The van der Waals surface area contributed by atoms with Gasteiger partial charge in [-0.2, -0.15) is 0 Å². The number of nitrogens with zero attached hydrogens (tertiary/aromatic N) is 1. The molecule has 5 nitrogen and oxygen atoms in total. The van der Waals surface area contributed by atoms with Crippen LogP contribution in [0.25, 0.3) is 0 Å². The number of carboxylic acid groups (broad SMARTS) is 1. The van der Waals surface area contributed by atoms with Gasteiger partial charge in [-0.25, -0.2) is 14.1 Å². The average Bonchev–Trinajstić information content (AvgIpc) is 2.55. The molecule has 1 aliphatic rings. The second-order valence-corrected chi connectivity index (χ2v) is 4.56. The van der Waals surface area contributed by atoms with Crippen molar-refractivity contribution in [2.24, 2.45) is 11.8 Å². The summed E-state index contributed by atoms with van der Waals surface area (Å²) in [6.07, 6.45) is 0. The first-order valence-electron chi connectivity index (χ1n) is 5.75. The van der Waals surface area contributed by atoms with Gasteiger partial charge < -0.3 is 5.11 Å². The molecular weight excluding hydrogens is 253 g/mol. The van der Waals surface area contributed by atoms with Crippen molar-refractivity contribution in [2.45, 2.75) is 13.8 Å². The van der Waals surface area contributed by atoms with Crippen molar-refractivity contribution >= 4 is 23.5 Å². The molecule has 0 aromatic heterocycles. The van der Waals surface area contributed by atoms with E-state index < -0.39 is 35.4 Å². The molecule has 1 aromatic carbocycles. The average molecular weight is 265 g/mol. The quantitative estimate of drug-likeness (QED) is 0.825. The van der Waals surface area contributed by atoms with E-state index >= 15 is 0 Å². The van der Waals surface area contributed by atoms with Crippen LogP contribution in [-0.4, -0.2) is 22.9 Å². The van der Waals surface area contributed by atoms with E-state index in [1.165, 1.54) is 0 Å². The molecule has 1 fully saturated rings. The standard InChI is InChI=1S/C13H12FNO4/c1-6-7(2)12(17)15(11(6)16)10-5-8(13(18)19)3-4-9(10)14/h3-7H,1-2H3,(H,18,19). The summed E-state index contributed by atoms with van der Waals surface area (Å²) in [4.78, 5) is 35.5. The molecule has 19 heavy (non-hydrogen) atoms. The number of anilines is 1. The minimum atomic E-state index is -1.25. The fraction of sp³-hybridized carbons (Fsp3) is 0.308. The van der Waals surface area contributed by atoms with Gasteiger partial charge in [-0.05, 0) is 18.2 Å². The Labute approximate surface area is 108 Å². The molecule has 1 aromatic rings. The monoisotopic (exact) mass is 265 g/mol. The highest BCUT2D eigenvalue weighted by Gasteiger charge is 2.44. The van der Waals surface area contributed by atoms with Crippen LogP contribution in [0.15, 0.2) is 18.2 Å². The van der Waals surface area contributed by atoms with Crippen LogP contribution in [0.1, 0.15) is 24.2 Å². The third kappa shape index (κ3) is 1.99. The number of amides is 2. The maximum Gasteiger partial charge on any atom is 0.335 e. The molecule has 2 unspecified atom stereocenters. The SMILES string of the molecule is CC1C(=O)N(c2cc(C(=O)O)ccc2F)C(=O)C1C. The highest BCUT2D eigenvalue weighted by atomic mass is 19.1. The van der Waals surface area contributed by atoms with Crippen molar-refractivity contribution in [1.29, 1.82) is 0 Å².